The first-order valence-corrected chi connectivity index (χ1v) is 6.28. The largest absolute Gasteiger partial charge is 0.351 e. The highest BCUT2D eigenvalue weighted by Crippen LogP contribution is 2.14. The average Bonchev–Trinajstić information content (AvgIpc) is 2.35. The van der Waals surface area contributed by atoms with Gasteiger partial charge < -0.3 is 10.6 Å². The third-order valence-electron chi connectivity index (χ3n) is 3.27. The van der Waals surface area contributed by atoms with Gasteiger partial charge >= 0.3 is 0 Å². The van der Waals surface area contributed by atoms with Crippen molar-refractivity contribution in [2.45, 2.75) is 33.2 Å². The monoisotopic (exact) mass is 232 g/mol. The van der Waals surface area contributed by atoms with Gasteiger partial charge in [0.15, 0.2) is 0 Å². The average molecular weight is 232 g/mol. The summed E-state index contributed by atoms with van der Waals surface area (Å²) in [5, 5.41) is 0. The molecule has 0 amide bonds. The van der Waals surface area contributed by atoms with Gasteiger partial charge in [-0.15, -0.1) is 0 Å². The zero-order valence-corrected chi connectivity index (χ0v) is 11.4. The van der Waals surface area contributed by atoms with Gasteiger partial charge in [0.05, 0.1) is 0 Å². The number of hydrogen-bond acceptors (Lipinski definition) is 2. The van der Waals surface area contributed by atoms with E-state index in [4.69, 9.17) is 5.73 Å². The van der Waals surface area contributed by atoms with Crippen LogP contribution in [0.1, 0.15) is 25.8 Å². The lowest BCUT2D eigenvalue weighted by Crippen LogP contribution is -2.26. The minimum Gasteiger partial charge on any atom is -0.351 e. The van der Waals surface area contributed by atoms with Gasteiger partial charge in [-0.3, -0.25) is 0 Å². The molecular formula is C15H24N2. The SMILES string of the molecule is CCC(C)C(N)C=CN(C)c1ccc(C)cc1. The van der Waals surface area contributed by atoms with Crippen molar-refractivity contribution in [1.82, 2.24) is 0 Å². The smallest absolute Gasteiger partial charge is 0.0403 e. The highest BCUT2D eigenvalue weighted by atomic mass is 15.1. The molecular weight excluding hydrogens is 208 g/mol. The molecule has 0 aromatic heterocycles. The second-order valence-corrected chi connectivity index (χ2v) is 4.75. The molecule has 2 nitrogen and oxygen atoms in total. The van der Waals surface area contributed by atoms with E-state index in [1.807, 2.05) is 7.05 Å². The Labute approximate surface area is 105 Å². The quantitative estimate of drug-likeness (QED) is 0.844. The van der Waals surface area contributed by atoms with Crippen LogP contribution in [0.3, 0.4) is 0 Å². The van der Waals surface area contributed by atoms with E-state index in [0.717, 1.165) is 6.42 Å². The predicted molar refractivity (Wildman–Crippen MR) is 76.2 cm³/mol. The van der Waals surface area contributed by atoms with Crippen molar-refractivity contribution in [3.8, 4) is 0 Å². The van der Waals surface area contributed by atoms with Gasteiger partial charge in [-0.25, -0.2) is 0 Å². The third-order valence-corrected chi connectivity index (χ3v) is 3.27. The second-order valence-electron chi connectivity index (χ2n) is 4.75. The van der Waals surface area contributed by atoms with Crippen molar-refractivity contribution < 1.29 is 0 Å². The Balaban J connectivity index is 2.62. The van der Waals surface area contributed by atoms with Crippen molar-refractivity contribution in [2.24, 2.45) is 11.7 Å². The molecule has 94 valence electrons. The molecule has 2 N–H and O–H groups in total. The first-order valence-electron chi connectivity index (χ1n) is 6.28. The summed E-state index contributed by atoms with van der Waals surface area (Å²) in [6.07, 6.45) is 5.25. The van der Waals surface area contributed by atoms with Crippen molar-refractivity contribution in [1.29, 1.82) is 0 Å². The zero-order valence-electron chi connectivity index (χ0n) is 11.4. The lowest BCUT2D eigenvalue weighted by Gasteiger charge is -2.18. The number of hydrogen-bond donors (Lipinski definition) is 1. The van der Waals surface area contributed by atoms with Crippen LogP contribution in [-0.2, 0) is 0 Å². The van der Waals surface area contributed by atoms with Crippen LogP contribution in [0, 0.1) is 12.8 Å². The van der Waals surface area contributed by atoms with Crippen LogP contribution in [0.4, 0.5) is 5.69 Å². The van der Waals surface area contributed by atoms with Crippen LogP contribution < -0.4 is 10.6 Å². The second kappa shape index (κ2) is 6.45. The van der Waals surface area contributed by atoms with Crippen molar-refractivity contribution in [3.05, 3.63) is 42.1 Å². The van der Waals surface area contributed by atoms with Gasteiger partial charge in [0, 0.05) is 25.0 Å². The molecule has 0 saturated carbocycles. The van der Waals surface area contributed by atoms with E-state index in [0.29, 0.717) is 5.92 Å². The Bertz CT molecular complexity index is 354. The first kappa shape index (κ1) is 13.8. The molecule has 0 aliphatic heterocycles. The Morgan fingerprint density at radius 1 is 1.29 bits per heavy atom. The van der Waals surface area contributed by atoms with E-state index >= 15 is 0 Å². The van der Waals surface area contributed by atoms with E-state index in [1.54, 1.807) is 0 Å². The Hall–Kier alpha value is -1.28. The van der Waals surface area contributed by atoms with E-state index in [9.17, 15) is 0 Å². The molecule has 2 atom stereocenters. The van der Waals surface area contributed by atoms with Crippen LogP contribution in [0.15, 0.2) is 36.5 Å². The molecule has 0 aliphatic rings. The first-order chi connectivity index (χ1) is 8.04. The molecule has 2 heteroatoms. The number of nitrogens with two attached hydrogens (primary N) is 1. The van der Waals surface area contributed by atoms with Gasteiger partial charge in [-0.05, 0) is 25.0 Å². The maximum absolute atomic E-state index is 6.06. The summed E-state index contributed by atoms with van der Waals surface area (Å²) >= 11 is 0. The zero-order chi connectivity index (χ0) is 12.8. The van der Waals surface area contributed by atoms with Gasteiger partial charge in [-0.2, -0.15) is 0 Å². The van der Waals surface area contributed by atoms with E-state index in [1.165, 1.54) is 11.3 Å². The molecule has 1 aromatic rings. The van der Waals surface area contributed by atoms with Crippen LogP contribution in [0.2, 0.25) is 0 Å². The Morgan fingerprint density at radius 2 is 1.88 bits per heavy atom. The summed E-state index contributed by atoms with van der Waals surface area (Å²) in [7, 11) is 2.05. The molecule has 0 radical (unpaired) electrons. The minimum absolute atomic E-state index is 0.132. The molecule has 0 heterocycles. The number of benzene rings is 1. The molecule has 1 rings (SSSR count). The number of nitrogens with zero attached hydrogens (tertiary/aromatic N) is 1. The Morgan fingerprint density at radius 3 is 2.41 bits per heavy atom. The van der Waals surface area contributed by atoms with Gasteiger partial charge in [0.25, 0.3) is 0 Å². The van der Waals surface area contributed by atoms with Crippen molar-refractivity contribution >= 4 is 5.69 Å². The molecule has 1 aromatic carbocycles. The standard InChI is InChI=1S/C15H24N2/c1-5-13(3)15(16)10-11-17(4)14-8-6-12(2)7-9-14/h6-11,13,15H,5,16H2,1-4H3. The summed E-state index contributed by atoms with van der Waals surface area (Å²) in [5.74, 6) is 0.526. The summed E-state index contributed by atoms with van der Waals surface area (Å²) in [4.78, 5) is 2.10. The molecule has 0 saturated heterocycles. The molecule has 0 fully saturated rings. The van der Waals surface area contributed by atoms with Crippen LogP contribution in [0.5, 0.6) is 0 Å². The van der Waals surface area contributed by atoms with Crippen LogP contribution in [-0.4, -0.2) is 13.1 Å². The van der Waals surface area contributed by atoms with Crippen molar-refractivity contribution in [2.75, 3.05) is 11.9 Å². The number of aryl methyl sites for hydroxylation is 1. The van der Waals surface area contributed by atoms with Crippen LogP contribution in [0.25, 0.3) is 0 Å². The number of anilines is 1. The highest BCUT2D eigenvalue weighted by molar-refractivity contribution is 5.49. The topological polar surface area (TPSA) is 29.3 Å². The number of rotatable bonds is 5. The van der Waals surface area contributed by atoms with E-state index in [2.05, 4.69) is 62.2 Å². The Kier molecular flexibility index (Phi) is 5.23. The highest BCUT2D eigenvalue weighted by Gasteiger charge is 2.06. The lowest BCUT2D eigenvalue weighted by atomic mass is 10.0. The van der Waals surface area contributed by atoms with Gasteiger partial charge in [0.1, 0.15) is 0 Å². The fourth-order valence-electron chi connectivity index (χ4n) is 1.56. The maximum atomic E-state index is 6.06. The molecule has 0 spiro atoms. The third kappa shape index (κ3) is 4.23. The maximum Gasteiger partial charge on any atom is 0.0403 e. The van der Waals surface area contributed by atoms with E-state index < -0.39 is 0 Å². The minimum atomic E-state index is 0.132. The summed E-state index contributed by atoms with van der Waals surface area (Å²) < 4.78 is 0. The summed E-state index contributed by atoms with van der Waals surface area (Å²) in [5.41, 5.74) is 8.53. The van der Waals surface area contributed by atoms with Crippen LogP contribution >= 0.6 is 0 Å². The fraction of sp³-hybridized carbons (Fsp3) is 0.467. The molecule has 0 bridgehead atoms. The van der Waals surface area contributed by atoms with Gasteiger partial charge in [0.2, 0.25) is 0 Å². The van der Waals surface area contributed by atoms with Gasteiger partial charge in [-0.1, -0.05) is 44.0 Å². The molecule has 2 unspecified atom stereocenters. The summed E-state index contributed by atoms with van der Waals surface area (Å²) in [6, 6.07) is 8.61. The predicted octanol–water partition coefficient (Wildman–Crippen LogP) is 3.32. The van der Waals surface area contributed by atoms with E-state index in [-0.39, 0.29) is 6.04 Å². The normalized spacial score (nSPS) is 14.9. The van der Waals surface area contributed by atoms with Crippen molar-refractivity contribution in [3.63, 3.8) is 0 Å². The fourth-order valence-corrected chi connectivity index (χ4v) is 1.56. The lowest BCUT2D eigenvalue weighted by molar-refractivity contribution is 0.502. The molecule has 0 aliphatic carbocycles. The summed E-state index contributed by atoms with van der Waals surface area (Å²) in [6.45, 7) is 6.45. The molecule has 17 heavy (non-hydrogen) atoms.